The number of aromatic nitrogens is 1. The highest BCUT2D eigenvalue weighted by molar-refractivity contribution is 9.10. The molecule has 1 amide bonds. The topological polar surface area (TPSA) is 79.7 Å². The van der Waals surface area contributed by atoms with Gasteiger partial charge in [-0.25, -0.2) is 0 Å². The number of likely N-dealkylation sites (tertiary alicyclic amines) is 1. The van der Waals surface area contributed by atoms with E-state index >= 15 is 0 Å². The molecule has 2 atom stereocenters. The molecule has 6 nitrogen and oxygen atoms in total. The predicted octanol–water partition coefficient (Wildman–Crippen LogP) is 4.79. The fraction of sp³-hybridized carbons (Fsp3) is 0.192. The average molecular weight is 505 g/mol. The highest BCUT2D eigenvalue weighted by Crippen LogP contribution is 2.41. The summed E-state index contributed by atoms with van der Waals surface area (Å²) in [6.45, 7) is 2.21. The third-order valence-electron chi connectivity index (χ3n) is 6.00. The van der Waals surface area contributed by atoms with Gasteiger partial charge in [-0.15, -0.1) is 0 Å². The van der Waals surface area contributed by atoms with E-state index in [2.05, 4.69) is 20.9 Å². The summed E-state index contributed by atoms with van der Waals surface area (Å²) >= 11 is 3.43. The van der Waals surface area contributed by atoms with Gasteiger partial charge < -0.3 is 14.7 Å². The average Bonchev–Trinajstić information content (AvgIpc) is 3.31. The van der Waals surface area contributed by atoms with E-state index in [9.17, 15) is 14.7 Å². The van der Waals surface area contributed by atoms with Crippen LogP contribution >= 0.6 is 15.9 Å². The van der Waals surface area contributed by atoms with Gasteiger partial charge in [-0.1, -0.05) is 28.1 Å². The molecule has 0 aliphatic carbocycles. The first-order valence-electron chi connectivity index (χ1n) is 10.6. The van der Waals surface area contributed by atoms with Crippen molar-refractivity contribution < 1.29 is 19.4 Å². The van der Waals surface area contributed by atoms with Crippen LogP contribution in [0.3, 0.4) is 0 Å². The molecule has 0 bridgehead atoms. The van der Waals surface area contributed by atoms with Crippen LogP contribution in [0.25, 0.3) is 5.76 Å². The van der Waals surface area contributed by atoms with E-state index in [0.717, 1.165) is 33.3 Å². The smallest absolute Gasteiger partial charge is 0.295 e. The lowest BCUT2D eigenvalue weighted by atomic mass is 9.94. The molecular weight excluding hydrogens is 484 g/mol. The Kier molecular flexibility index (Phi) is 5.50. The van der Waals surface area contributed by atoms with Crippen LogP contribution in [-0.4, -0.2) is 32.8 Å². The lowest BCUT2D eigenvalue weighted by Crippen LogP contribution is -2.29. The number of Topliss-reactive ketones (excluding diaryl/α,β-unsaturated/α-hetero) is 1. The Balaban J connectivity index is 1.62. The number of rotatable bonds is 4. The number of aliphatic hydroxyl groups excluding tert-OH is 1. The van der Waals surface area contributed by atoms with Gasteiger partial charge in [-0.05, 0) is 66.1 Å². The molecule has 7 heteroatoms. The van der Waals surface area contributed by atoms with E-state index in [0.29, 0.717) is 5.56 Å². The molecule has 2 unspecified atom stereocenters. The van der Waals surface area contributed by atoms with Crippen LogP contribution in [0.5, 0.6) is 5.75 Å². The molecule has 33 heavy (non-hydrogen) atoms. The van der Waals surface area contributed by atoms with Gasteiger partial charge in [-0.3, -0.25) is 14.6 Å². The Bertz CT molecular complexity index is 1270. The molecular formula is C26H21BrN2O4. The van der Waals surface area contributed by atoms with Gasteiger partial charge in [0.1, 0.15) is 17.6 Å². The highest BCUT2D eigenvalue weighted by Gasteiger charge is 2.46. The minimum absolute atomic E-state index is 0.0612. The standard InChI is InChI=1S/C26H21BrN2O4/c1-15-12-19-13-18(4-7-21(19)33-15)24(30)22-23(17-2-5-20(27)6-3-17)29(26(32)25(22)31)14-16-8-10-28-11-9-16/h2-11,13,15,23,30H,12,14H2,1H3/b24-22+. The van der Waals surface area contributed by atoms with Gasteiger partial charge in [0.05, 0.1) is 11.6 Å². The second-order valence-electron chi connectivity index (χ2n) is 8.29. The zero-order valence-corrected chi connectivity index (χ0v) is 19.5. The molecule has 1 saturated heterocycles. The molecule has 0 saturated carbocycles. The minimum Gasteiger partial charge on any atom is -0.507 e. The second kappa shape index (κ2) is 8.48. The number of hydrogen-bond donors (Lipinski definition) is 1. The number of amides is 1. The van der Waals surface area contributed by atoms with Crippen molar-refractivity contribution in [3.05, 3.63) is 99.3 Å². The summed E-state index contributed by atoms with van der Waals surface area (Å²) in [5.41, 5.74) is 3.14. The normalized spacial score (nSPS) is 21.2. The van der Waals surface area contributed by atoms with Crippen molar-refractivity contribution in [1.29, 1.82) is 0 Å². The number of pyridine rings is 1. The van der Waals surface area contributed by atoms with Crippen molar-refractivity contribution in [2.75, 3.05) is 0 Å². The van der Waals surface area contributed by atoms with Crippen LogP contribution in [0.15, 0.2) is 77.0 Å². The number of fused-ring (bicyclic) bond motifs is 1. The number of carbonyl (C=O) groups excluding carboxylic acids is 2. The Labute approximate surface area is 199 Å². The van der Waals surface area contributed by atoms with Crippen LogP contribution in [0.2, 0.25) is 0 Å². The van der Waals surface area contributed by atoms with Crippen molar-refractivity contribution in [3.8, 4) is 5.75 Å². The Morgan fingerprint density at radius 2 is 1.85 bits per heavy atom. The van der Waals surface area contributed by atoms with Crippen molar-refractivity contribution >= 4 is 33.4 Å². The maximum absolute atomic E-state index is 13.2. The molecule has 1 fully saturated rings. The summed E-state index contributed by atoms with van der Waals surface area (Å²) in [6.07, 6.45) is 4.08. The Morgan fingerprint density at radius 1 is 1.12 bits per heavy atom. The zero-order valence-electron chi connectivity index (χ0n) is 17.9. The van der Waals surface area contributed by atoms with E-state index in [-0.39, 0.29) is 24.0 Å². The maximum Gasteiger partial charge on any atom is 0.295 e. The van der Waals surface area contributed by atoms with E-state index in [1.807, 2.05) is 37.3 Å². The van der Waals surface area contributed by atoms with Gasteiger partial charge in [0.15, 0.2) is 0 Å². The molecule has 5 rings (SSSR count). The first kappa shape index (κ1) is 21.4. The van der Waals surface area contributed by atoms with Crippen LogP contribution in [0.1, 0.15) is 35.2 Å². The lowest BCUT2D eigenvalue weighted by molar-refractivity contribution is -0.140. The van der Waals surface area contributed by atoms with E-state index < -0.39 is 17.7 Å². The van der Waals surface area contributed by atoms with Crippen LogP contribution in [0.4, 0.5) is 0 Å². The highest BCUT2D eigenvalue weighted by atomic mass is 79.9. The molecule has 3 aromatic rings. The molecule has 2 aliphatic rings. The van der Waals surface area contributed by atoms with Gasteiger partial charge in [-0.2, -0.15) is 0 Å². The van der Waals surface area contributed by atoms with Crippen molar-refractivity contribution in [1.82, 2.24) is 9.88 Å². The van der Waals surface area contributed by atoms with Gasteiger partial charge in [0.25, 0.3) is 11.7 Å². The van der Waals surface area contributed by atoms with Gasteiger partial charge >= 0.3 is 0 Å². The summed E-state index contributed by atoms with van der Waals surface area (Å²) < 4.78 is 6.63. The second-order valence-corrected chi connectivity index (χ2v) is 9.20. The number of benzene rings is 2. The quantitative estimate of drug-likeness (QED) is 0.314. The molecule has 2 aromatic carbocycles. The third kappa shape index (κ3) is 3.93. The minimum atomic E-state index is -0.713. The SMILES string of the molecule is CC1Cc2cc(/C(O)=C3\C(=O)C(=O)N(Cc4ccncc4)C3c3ccc(Br)cc3)ccc2O1. The largest absolute Gasteiger partial charge is 0.507 e. The summed E-state index contributed by atoms with van der Waals surface area (Å²) in [4.78, 5) is 31.9. The summed E-state index contributed by atoms with van der Waals surface area (Å²) in [5.74, 6) is -0.735. The van der Waals surface area contributed by atoms with Crippen molar-refractivity contribution in [2.45, 2.75) is 32.0 Å². The van der Waals surface area contributed by atoms with E-state index in [1.165, 1.54) is 4.90 Å². The molecule has 0 radical (unpaired) electrons. The zero-order chi connectivity index (χ0) is 23.1. The summed E-state index contributed by atoms with van der Waals surface area (Å²) in [6, 6.07) is 15.7. The van der Waals surface area contributed by atoms with Crippen LogP contribution in [-0.2, 0) is 22.6 Å². The van der Waals surface area contributed by atoms with E-state index in [1.54, 1.807) is 36.7 Å². The fourth-order valence-electron chi connectivity index (χ4n) is 4.44. The number of halogens is 1. The number of ether oxygens (including phenoxy) is 1. The van der Waals surface area contributed by atoms with Crippen LogP contribution in [0, 0.1) is 0 Å². The predicted molar refractivity (Wildman–Crippen MR) is 126 cm³/mol. The molecule has 3 heterocycles. The lowest BCUT2D eigenvalue weighted by Gasteiger charge is -2.25. The molecule has 1 N–H and O–H groups in total. The first-order chi connectivity index (χ1) is 15.9. The number of ketones is 1. The number of hydrogen-bond acceptors (Lipinski definition) is 5. The van der Waals surface area contributed by atoms with Crippen molar-refractivity contribution in [2.24, 2.45) is 0 Å². The molecule has 0 spiro atoms. The fourth-order valence-corrected chi connectivity index (χ4v) is 4.71. The Morgan fingerprint density at radius 3 is 2.58 bits per heavy atom. The van der Waals surface area contributed by atoms with Gasteiger partial charge in [0.2, 0.25) is 0 Å². The first-order valence-corrected chi connectivity index (χ1v) is 11.4. The third-order valence-corrected chi connectivity index (χ3v) is 6.53. The van der Waals surface area contributed by atoms with Crippen molar-refractivity contribution in [3.63, 3.8) is 0 Å². The summed E-state index contributed by atoms with van der Waals surface area (Å²) in [7, 11) is 0. The Hall–Kier alpha value is -3.45. The molecule has 1 aromatic heterocycles. The number of carbonyl (C=O) groups is 2. The maximum atomic E-state index is 13.2. The summed E-state index contributed by atoms with van der Waals surface area (Å²) in [5, 5.41) is 11.3. The van der Waals surface area contributed by atoms with Gasteiger partial charge in [0, 0.05) is 35.4 Å². The van der Waals surface area contributed by atoms with E-state index in [4.69, 9.17) is 4.74 Å². The molecule has 2 aliphatic heterocycles. The molecule has 166 valence electrons. The van der Waals surface area contributed by atoms with Crippen LogP contribution < -0.4 is 4.74 Å². The monoisotopic (exact) mass is 504 g/mol. The number of aliphatic hydroxyl groups is 1. The number of nitrogens with zero attached hydrogens (tertiary/aromatic N) is 2.